The van der Waals surface area contributed by atoms with Gasteiger partial charge in [0, 0.05) is 74.9 Å². The number of halogens is 3. The number of aromatic nitrogens is 4. The van der Waals surface area contributed by atoms with Gasteiger partial charge in [0.1, 0.15) is 18.0 Å². The van der Waals surface area contributed by atoms with Crippen LogP contribution in [0, 0.1) is 0 Å². The predicted molar refractivity (Wildman–Crippen MR) is 162 cm³/mol. The van der Waals surface area contributed by atoms with Crippen LogP contribution in [0.15, 0.2) is 67.3 Å². The number of rotatable bonds is 11. The van der Waals surface area contributed by atoms with Crippen LogP contribution in [0.25, 0.3) is 5.82 Å². The smallest absolute Gasteiger partial charge is 0.367 e. The van der Waals surface area contributed by atoms with E-state index in [1.807, 2.05) is 6.07 Å². The van der Waals surface area contributed by atoms with Gasteiger partial charge in [-0.15, -0.1) is 0 Å². The maximum absolute atomic E-state index is 14.1. The van der Waals surface area contributed by atoms with Gasteiger partial charge in [0.15, 0.2) is 5.78 Å². The molecule has 1 saturated heterocycles. The van der Waals surface area contributed by atoms with Gasteiger partial charge < -0.3 is 15.5 Å². The summed E-state index contributed by atoms with van der Waals surface area (Å²) in [7, 11) is 0. The summed E-state index contributed by atoms with van der Waals surface area (Å²) in [5, 5.41) is 6.58. The second-order valence-electron chi connectivity index (χ2n) is 11.3. The fourth-order valence-electron chi connectivity index (χ4n) is 5.40. The number of likely N-dealkylation sites (N-methyl/N-ethyl adjacent to an activating group) is 1. The lowest BCUT2D eigenvalue weighted by Crippen LogP contribution is -2.45. The molecule has 2 aromatic heterocycles. The Kier molecular flexibility index (Phi) is 8.62. The van der Waals surface area contributed by atoms with Crippen molar-refractivity contribution in [1.82, 2.24) is 29.3 Å². The molecule has 12 heteroatoms. The minimum Gasteiger partial charge on any atom is -0.367 e. The van der Waals surface area contributed by atoms with E-state index in [9.17, 15) is 18.0 Å². The first kappa shape index (κ1) is 29.8. The third kappa shape index (κ3) is 7.25. The molecule has 2 fully saturated rings. The van der Waals surface area contributed by atoms with Crippen LogP contribution in [0.3, 0.4) is 0 Å². The first-order chi connectivity index (χ1) is 21.2. The number of anilines is 3. The van der Waals surface area contributed by atoms with E-state index in [4.69, 9.17) is 0 Å². The van der Waals surface area contributed by atoms with Crippen molar-refractivity contribution in [1.29, 1.82) is 0 Å². The summed E-state index contributed by atoms with van der Waals surface area (Å²) >= 11 is 0. The van der Waals surface area contributed by atoms with E-state index in [1.165, 1.54) is 12.4 Å². The summed E-state index contributed by atoms with van der Waals surface area (Å²) in [4.78, 5) is 30.6. The molecule has 1 aliphatic heterocycles. The third-order valence-electron chi connectivity index (χ3n) is 8.06. The third-order valence-corrected chi connectivity index (χ3v) is 8.06. The highest BCUT2D eigenvalue weighted by atomic mass is 19.4. The van der Waals surface area contributed by atoms with Crippen molar-refractivity contribution in [2.75, 3.05) is 43.4 Å². The molecule has 0 radical (unpaired) electrons. The molecule has 0 unspecified atom stereocenters. The number of Topliss-reactive ketones (excluding diaryl/α,β-unsaturated/α-hetero) is 1. The van der Waals surface area contributed by atoms with Crippen molar-refractivity contribution < 1.29 is 18.0 Å². The second kappa shape index (κ2) is 12.7. The maximum Gasteiger partial charge on any atom is 0.416 e. The van der Waals surface area contributed by atoms with E-state index in [1.54, 1.807) is 47.3 Å². The summed E-state index contributed by atoms with van der Waals surface area (Å²) in [5.41, 5.74) is 0.887. The summed E-state index contributed by atoms with van der Waals surface area (Å²) in [5.74, 6) is 1.58. The molecule has 0 atom stereocenters. The van der Waals surface area contributed by atoms with Crippen LogP contribution in [-0.4, -0.2) is 73.9 Å². The first-order valence-corrected chi connectivity index (χ1v) is 14.9. The minimum atomic E-state index is -4.51. The molecule has 9 nitrogen and oxygen atoms in total. The van der Waals surface area contributed by atoms with Crippen LogP contribution in [0.2, 0.25) is 0 Å². The van der Waals surface area contributed by atoms with Gasteiger partial charge in [0.25, 0.3) is 0 Å². The van der Waals surface area contributed by atoms with Crippen molar-refractivity contribution in [3.63, 3.8) is 0 Å². The molecule has 1 aliphatic carbocycles. The van der Waals surface area contributed by atoms with Gasteiger partial charge in [-0.3, -0.25) is 14.3 Å². The van der Waals surface area contributed by atoms with E-state index >= 15 is 0 Å². The molecule has 2 aromatic carbocycles. The van der Waals surface area contributed by atoms with E-state index in [2.05, 4.69) is 42.3 Å². The zero-order valence-electron chi connectivity index (χ0n) is 24.5. The van der Waals surface area contributed by atoms with Crippen molar-refractivity contribution in [3.8, 4) is 5.82 Å². The maximum atomic E-state index is 14.1. The Hall–Kier alpha value is -4.29. The molecule has 4 aromatic rings. The minimum absolute atomic E-state index is 0.145. The van der Waals surface area contributed by atoms with Crippen LogP contribution in [0.1, 0.15) is 46.8 Å². The lowest BCUT2D eigenvalue weighted by atomic mass is 9.97. The fourth-order valence-corrected chi connectivity index (χ4v) is 5.40. The topological polar surface area (TPSA) is 91.2 Å². The zero-order chi connectivity index (χ0) is 30.7. The van der Waals surface area contributed by atoms with Crippen molar-refractivity contribution in [2.24, 2.45) is 0 Å². The van der Waals surface area contributed by atoms with Gasteiger partial charge in [-0.05, 0) is 48.7 Å². The van der Waals surface area contributed by atoms with Gasteiger partial charge in [0.2, 0.25) is 5.95 Å². The van der Waals surface area contributed by atoms with Crippen molar-refractivity contribution in [2.45, 2.75) is 44.9 Å². The second-order valence-corrected chi connectivity index (χ2v) is 11.3. The number of alkyl halides is 3. The molecule has 0 bridgehead atoms. The predicted octanol–water partition coefficient (Wildman–Crippen LogP) is 5.56. The molecule has 44 heavy (non-hydrogen) atoms. The molecule has 2 N–H and O–H groups in total. The fraction of sp³-hybridized carbons (Fsp3) is 0.375. The molecule has 0 amide bonds. The molecule has 230 valence electrons. The van der Waals surface area contributed by atoms with Gasteiger partial charge >= 0.3 is 6.18 Å². The summed E-state index contributed by atoms with van der Waals surface area (Å²) in [6, 6.07) is 13.4. The number of imidazole rings is 1. The normalized spacial score (nSPS) is 16.2. The van der Waals surface area contributed by atoms with Crippen molar-refractivity contribution >= 4 is 23.2 Å². The number of ketones is 1. The number of benzene rings is 2. The Labute approximate surface area is 254 Å². The molecule has 0 spiro atoms. The average molecular weight is 605 g/mol. The SMILES string of the molecule is CCN1CCN(Cc2ccc(CC(=O)c3cccc(Nc4nccn4-c4cc(NC5CC5)ncn4)c3)cc2C(F)(F)F)CC1. The standard InChI is InChI=1S/C32H35F3N8O/c1-2-41-12-14-42(15-13-41)20-24-7-6-22(16-27(24)32(33,34)35)17-28(44)23-4-3-5-26(18-23)40-31-36-10-11-43(31)30-19-29(37-21-38-30)39-25-8-9-25/h3-7,10-11,16,18-19,21,25H,2,8-9,12-15,17,20H2,1H3,(H,36,40)(H,37,38,39). The van der Waals surface area contributed by atoms with Gasteiger partial charge in [0.05, 0.1) is 5.56 Å². The largest absolute Gasteiger partial charge is 0.416 e. The first-order valence-electron chi connectivity index (χ1n) is 14.9. The molecule has 2 aliphatic rings. The monoisotopic (exact) mass is 604 g/mol. The van der Waals surface area contributed by atoms with Gasteiger partial charge in [-0.2, -0.15) is 13.2 Å². The van der Waals surface area contributed by atoms with Crippen LogP contribution in [-0.2, 0) is 19.1 Å². The Balaban J connectivity index is 1.14. The highest BCUT2D eigenvalue weighted by Crippen LogP contribution is 2.34. The number of nitrogens with zero attached hydrogens (tertiary/aromatic N) is 6. The highest BCUT2D eigenvalue weighted by Gasteiger charge is 2.34. The molecule has 1 saturated carbocycles. The number of hydrogen-bond donors (Lipinski definition) is 2. The lowest BCUT2D eigenvalue weighted by molar-refractivity contribution is -0.138. The van der Waals surface area contributed by atoms with Crippen LogP contribution in [0.4, 0.5) is 30.6 Å². The summed E-state index contributed by atoms with van der Waals surface area (Å²) in [6.07, 6.45) is 2.50. The van der Waals surface area contributed by atoms with Gasteiger partial charge in [-0.25, -0.2) is 15.0 Å². The summed E-state index contributed by atoms with van der Waals surface area (Å²) in [6.45, 7) is 6.41. The van der Waals surface area contributed by atoms with E-state index in [-0.39, 0.29) is 24.3 Å². The van der Waals surface area contributed by atoms with Gasteiger partial charge in [-0.1, -0.05) is 31.2 Å². The molecule has 3 heterocycles. The quantitative estimate of drug-likeness (QED) is 0.215. The van der Waals surface area contributed by atoms with E-state index in [0.29, 0.717) is 34.6 Å². The zero-order valence-corrected chi connectivity index (χ0v) is 24.5. The van der Waals surface area contributed by atoms with Crippen LogP contribution >= 0.6 is 0 Å². The van der Waals surface area contributed by atoms with Crippen molar-refractivity contribution in [3.05, 3.63) is 89.5 Å². The number of carbonyl (C=O) groups excluding carboxylic acids is 1. The van der Waals surface area contributed by atoms with Crippen LogP contribution in [0.5, 0.6) is 0 Å². The number of nitrogens with one attached hydrogen (secondary N) is 2. The Morgan fingerprint density at radius 2 is 1.77 bits per heavy atom. The number of hydrogen-bond acceptors (Lipinski definition) is 8. The molecule has 6 rings (SSSR count). The Bertz CT molecular complexity index is 1610. The number of carbonyl (C=O) groups is 1. The number of piperazine rings is 1. The highest BCUT2D eigenvalue weighted by molar-refractivity contribution is 5.98. The van der Waals surface area contributed by atoms with E-state index < -0.39 is 11.7 Å². The Morgan fingerprint density at radius 1 is 0.977 bits per heavy atom. The lowest BCUT2D eigenvalue weighted by Gasteiger charge is -2.34. The van der Waals surface area contributed by atoms with E-state index in [0.717, 1.165) is 57.4 Å². The molecular weight excluding hydrogens is 569 g/mol. The van der Waals surface area contributed by atoms with Crippen LogP contribution < -0.4 is 10.6 Å². The Morgan fingerprint density at radius 3 is 2.52 bits per heavy atom. The molecular formula is C32H35F3N8O. The average Bonchev–Trinajstić information content (AvgIpc) is 3.71. The summed E-state index contributed by atoms with van der Waals surface area (Å²) < 4.78 is 44.0.